The van der Waals surface area contributed by atoms with Crippen LogP contribution >= 0.6 is 11.3 Å². The van der Waals surface area contributed by atoms with Crippen molar-refractivity contribution in [3.63, 3.8) is 0 Å². The Labute approximate surface area is 144 Å². The Morgan fingerprint density at radius 3 is 2.67 bits per heavy atom. The second-order valence-corrected chi connectivity index (χ2v) is 7.37. The van der Waals surface area contributed by atoms with Crippen molar-refractivity contribution in [3.8, 4) is 10.4 Å². The topological polar surface area (TPSA) is 83.8 Å². The van der Waals surface area contributed by atoms with Gasteiger partial charge < -0.3 is 11.1 Å². The number of aromatic amines is 1. The van der Waals surface area contributed by atoms with E-state index in [1.807, 2.05) is 38.1 Å². The predicted octanol–water partition coefficient (Wildman–Crippen LogP) is 3.26. The van der Waals surface area contributed by atoms with Gasteiger partial charge in [-0.1, -0.05) is 30.3 Å². The molecule has 1 aromatic carbocycles. The van der Waals surface area contributed by atoms with Crippen molar-refractivity contribution in [2.45, 2.75) is 25.9 Å². The zero-order valence-corrected chi connectivity index (χ0v) is 14.5. The molecule has 0 radical (unpaired) electrons. The van der Waals surface area contributed by atoms with Gasteiger partial charge in [0.15, 0.2) is 0 Å². The number of rotatable bonds is 5. The maximum atomic E-state index is 12.2. The molecule has 0 spiro atoms. The van der Waals surface area contributed by atoms with Crippen LogP contribution in [0.25, 0.3) is 10.4 Å². The fourth-order valence-electron chi connectivity index (χ4n) is 2.26. The van der Waals surface area contributed by atoms with E-state index in [9.17, 15) is 4.79 Å². The molecule has 0 saturated heterocycles. The quantitative estimate of drug-likeness (QED) is 0.666. The van der Waals surface area contributed by atoms with Gasteiger partial charge in [0.05, 0.1) is 17.8 Å². The summed E-state index contributed by atoms with van der Waals surface area (Å²) in [5.74, 6) is -0.212. The normalized spacial score (nSPS) is 11.5. The lowest BCUT2D eigenvalue weighted by molar-refractivity contribution is 0.0946. The van der Waals surface area contributed by atoms with Crippen molar-refractivity contribution in [3.05, 3.63) is 64.8 Å². The number of amides is 1. The Balaban J connectivity index is 1.63. The van der Waals surface area contributed by atoms with Crippen molar-refractivity contribution >= 4 is 17.2 Å². The SMILES string of the molecule is CC(C)(N)c1cc(C(=O)NCc2ccc(-c3ccccc3)s2)n[nH]1. The molecule has 3 rings (SSSR count). The van der Waals surface area contributed by atoms with Gasteiger partial charge in [-0.25, -0.2) is 0 Å². The van der Waals surface area contributed by atoms with Crippen molar-refractivity contribution in [2.24, 2.45) is 5.73 Å². The molecule has 124 valence electrons. The highest BCUT2D eigenvalue weighted by Gasteiger charge is 2.19. The van der Waals surface area contributed by atoms with E-state index < -0.39 is 5.54 Å². The van der Waals surface area contributed by atoms with Crippen LogP contribution in [0.15, 0.2) is 48.5 Å². The summed E-state index contributed by atoms with van der Waals surface area (Å²) in [5, 5.41) is 9.74. The largest absolute Gasteiger partial charge is 0.346 e. The first-order valence-corrected chi connectivity index (χ1v) is 8.52. The lowest BCUT2D eigenvalue weighted by Crippen LogP contribution is -2.29. The van der Waals surface area contributed by atoms with Crippen molar-refractivity contribution in [1.82, 2.24) is 15.5 Å². The molecule has 0 unspecified atom stereocenters. The number of benzene rings is 1. The summed E-state index contributed by atoms with van der Waals surface area (Å²) in [4.78, 5) is 14.5. The van der Waals surface area contributed by atoms with E-state index in [0.717, 1.165) is 10.6 Å². The average molecular weight is 340 g/mol. The fourth-order valence-corrected chi connectivity index (χ4v) is 3.21. The lowest BCUT2D eigenvalue weighted by Gasteiger charge is -2.14. The minimum Gasteiger partial charge on any atom is -0.346 e. The van der Waals surface area contributed by atoms with Crippen LogP contribution in [-0.4, -0.2) is 16.1 Å². The zero-order valence-electron chi connectivity index (χ0n) is 13.7. The number of nitrogens with one attached hydrogen (secondary N) is 2. The number of hydrogen-bond donors (Lipinski definition) is 3. The number of thiophene rings is 1. The third kappa shape index (κ3) is 3.72. The fraction of sp³-hybridized carbons (Fsp3) is 0.222. The molecule has 6 heteroatoms. The van der Waals surface area contributed by atoms with Crippen molar-refractivity contribution in [1.29, 1.82) is 0 Å². The van der Waals surface area contributed by atoms with Crippen LogP contribution in [0.3, 0.4) is 0 Å². The van der Waals surface area contributed by atoms with E-state index >= 15 is 0 Å². The highest BCUT2D eigenvalue weighted by atomic mass is 32.1. The molecule has 24 heavy (non-hydrogen) atoms. The van der Waals surface area contributed by atoms with Crippen LogP contribution in [-0.2, 0) is 12.1 Å². The minimum atomic E-state index is -0.552. The lowest BCUT2D eigenvalue weighted by atomic mass is 10.0. The summed E-state index contributed by atoms with van der Waals surface area (Å²) in [6.07, 6.45) is 0. The molecule has 4 N–H and O–H groups in total. The van der Waals surface area contributed by atoms with Crippen LogP contribution in [0, 0.1) is 0 Å². The number of carbonyl (C=O) groups excluding carboxylic acids is 1. The number of carbonyl (C=O) groups is 1. The van der Waals surface area contributed by atoms with Crippen LogP contribution in [0.2, 0.25) is 0 Å². The molecule has 0 bridgehead atoms. The molecule has 2 aromatic heterocycles. The summed E-state index contributed by atoms with van der Waals surface area (Å²) >= 11 is 1.67. The molecular weight excluding hydrogens is 320 g/mol. The molecule has 0 saturated carbocycles. The van der Waals surface area contributed by atoms with Gasteiger partial charge in [0.1, 0.15) is 5.69 Å². The van der Waals surface area contributed by atoms with Crippen molar-refractivity contribution in [2.75, 3.05) is 0 Å². The molecule has 0 aliphatic heterocycles. The summed E-state index contributed by atoms with van der Waals surface area (Å²) in [6, 6.07) is 16.0. The summed E-state index contributed by atoms with van der Waals surface area (Å²) in [7, 11) is 0. The molecule has 0 fully saturated rings. The van der Waals surface area contributed by atoms with E-state index in [4.69, 9.17) is 5.73 Å². The molecule has 2 heterocycles. The smallest absolute Gasteiger partial charge is 0.272 e. The maximum absolute atomic E-state index is 12.2. The van der Waals surface area contributed by atoms with Gasteiger partial charge in [0, 0.05) is 9.75 Å². The second kappa shape index (κ2) is 6.59. The Kier molecular flexibility index (Phi) is 4.51. The molecule has 0 aliphatic carbocycles. The summed E-state index contributed by atoms with van der Waals surface area (Å²) in [5.41, 5.74) is 7.70. The highest BCUT2D eigenvalue weighted by Crippen LogP contribution is 2.27. The Morgan fingerprint density at radius 2 is 2.00 bits per heavy atom. The summed E-state index contributed by atoms with van der Waals surface area (Å²) in [6.45, 7) is 4.20. The van der Waals surface area contributed by atoms with Gasteiger partial charge in [-0.2, -0.15) is 5.10 Å². The highest BCUT2D eigenvalue weighted by molar-refractivity contribution is 7.15. The van der Waals surface area contributed by atoms with Crippen LogP contribution in [0.1, 0.15) is 34.9 Å². The van der Waals surface area contributed by atoms with Gasteiger partial charge in [-0.3, -0.25) is 9.89 Å². The van der Waals surface area contributed by atoms with E-state index in [2.05, 4.69) is 33.7 Å². The zero-order chi connectivity index (χ0) is 17.2. The first kappa shape index (κ1) is 16.4. The Bertz CT molecular complexity index is 830. The number of aromatic nitrogens is 2. The third-order valence-corrected chi connectivity index (χ3v) is 4.78. The van der Waals surface area contributed by atoms with E-state index in [0.29, 0.717) is 12.2 Å². The van der Waals surface area contributed by atoms with E-state index in [1.165, 1.54) is 10.4 Å². The molecule has 0 atom stereocenters. The Hall–Kier alpha value is -2.44. The second-order valence-electron chi connectivity index (χ2n) is 6.20. The number of nitrogens with zero attached hydrogens (tertiary/aromatic N) is 1. The van der Waals surface area contributed by atoms with Gasteiger partial charge >= 0.3 is 0 Å². The summed E-state index contributed by atoms with van der Waals surface area (Å²) < 4.78 is 0. The predicted molar refractivity (Wildman–Crippen MR) is 96.7 cm³/mol. The average Bonchev–Trinajstić information content (AvgIpc) is 3.22. The van der Waals surface area contributed by atoms with Crippen LogP contribution in [0.5, 0.6) is 0 Å². The molecule has 3 aromatic rings. The number of H-pyrrole nitrogens is 1. The molecule has 1 amide bonds. The monoisotopic (exact) mass is 340 g/mol. The standard InChI is InChI=1S/C18H20N4OS/c1-18(2,19)16-10-14(21-22-16)17(23)20-11-13-8-9-15(24-13)12-6-4-3-5-7-12/h3-10H,11,19H2,1-2H3,(H,20,23)(H,21,22). The maximum Gasteiger partial charge on any atom is 0.272 e. The first-order valence-electron chi connectivity index (χ1n) is 7.70. The van der Waals surface area contributed by atoms with Gasteiger partial charge in [0.2, 0.25) is 0 Å². The van der Waals surface area contributed by atoms with Crippen molar-refractivity contribution < 1.29 is 4.79 Å². The van der Waals surface area contributed by atoms with Gasteiger partial charge in [-0.05, 0) is 37.6 Å². The van der Waals surface area contributed by atoms with Crippen LogP contribution in [0.4, 0.5) is 0 Å². The van der Waals surface area contributed by atoms with Crippen LogP contribution < -0.4 is 11.1 Å². The minimum absolute atomic E-state index is 0.212. The van der Waals surface area contributed by atoms with Gasteiger partial charge in [0.25, 0.3) is 5.91 Å². The van der Waals surface area contributed by atoms with Gasteiger partial charge in [-0.15, -0.1) is 11.3 Å². The number of nitrogens with two attached hydrogens (primary N) is 1. The first-order chi connectivity index (χ1) is 11.4. The third-order valence-electron chi connectivity index (χ3n) is 3.65. The molecule has 5 nitrogen and oxygen atoms in total. The van der Waals surface area contributed by atoms with E-state index in [-0.39, 0.29) is 5.91 Å². The molecule has 0 aliphatic rings. The molecular formula is C18H20N4OS. The number of hydrogen-bond acceptors (Lipinski definition) is 4. The van der Waals surface area contributed by atoms with E-state index in [1.54, 1.807) is 17.4 Å². The Morgan fingerprint density at radius 1 is 1.25 bits per heavy atom.